The zero-order valence-electron chi connectivity index (χ0n) is 14.0. The van der Waals surface area contributed by atoms with Gasteiger partial charge in [-0.3, -0.25) is 10.1 Å². The number of anilines is 2. The van der Waals surface area contributed by atoms with Crippen molar-refractivity contribution in [2.45, 2.75) is 6.42 Å². The van der Waals surface area contributed by atoms with Gasteiger partial charge in [0.2, 0.25) is 10.3 Å². The van der Waals surface area contributed by atoms with Crippen molar-refractivity contribution in [3.05, 3.63) is 29.8 Å². The highest BCUT2D eigenvalue weighted by atomic mass is 32.1. The molecule has 0 fully saturated rings. The average Bonchev–Trinajstić information content (AvgIpc) is 3.00. The molecule has 1 aromatic heterocycles. The fraction of sp³-hybridized carbons (Fsp3) is 0.333. The average molecular weight is 364 g/mol. The molecule has 4 N–H and O–H groups in total. The normalized spacial score (nSPS) is 10.3. The van der Waals surface area contributed by atoms with Crippen LogP contribution in [0.3, 0.4) is 0 Å². The molecule has 2 aromatic rings. The minimum Gasteiger partial charge on any atom is -0.409 e. The van der Waals surface area contributed by atoms with Gasteiger partial charge < -0.3 is 20.7 Å². The first kappa shape index (κ1) is 18.6. The van der Waals surface area contributed by atoms with Crippen LogP contribution in [0.25, 0.3) is 0 Å². The van der Waals surface area contributed by atoms with Crippen molar-refractivity contribution in [2.24, 2.45) is 0 Å². The van der Waals surface area contributed by atoms with Gasteiger partial charge in [-0.1, -0.05) is 23.5 Å². The molecular formula is C15H20N6O3S. The number of nitrogen functional groups attached to an aromatic ring is 1. The summed E-state index contributed by atoms with van der Waals surface area (Å²) in [7, 11) is 3.49. The zero-order chi connectivity index (χ0) is 18.2. The third-order valence-corrected chi connectivity index (χ3v) is 3.89. The third kappa shape index (κ3) is 5.40. The lowest BCUT2D eigenvalue weighted by Gasteiger charge is -2.17. The maximum absolute atomic E-state index is 12.4. The number of nitrogens with zero attached hydrogens (tertiary/aromatic N) is 3. The number of nitrogens with one attached hydrogen (secondary N) is 2. The van der Waals surface area contributed by atoms with Crippen molar-refractivity contribution < 1.29 is 14.3 Å². The zero-order valence-corrected chi connectivity index (χ0v) is 14.8. The van der Waals surface area contributed by atoms with E-state index in [9.17, 15) is 9.59 Å². The Morgan fingerprint density at radius 1 is 1.32 bits per heavy atom. The molecule has 0 saturated heterocycles. The van der Waals surface area contributed by atoms with Crippen molar-refractivity contribution in [3.63, 3.8) is 0 Å². The van der Waals surface area contributed by atoms with Crippen molar-refractivity contribution in [2.75, 3.05) is 38.2 Å². The van der Waals surface area contributed by atoms with Gasteiger partial charge in [-0.05, 0) is 32.1 Å². The molecule has 0 atom stereocenters. The Bertz CT molecular complexity index is 736. The quantitative estimate of drug-likeness (QED) is 0.635. The van der Waals surface area contributed by atoms with Crippen LogP contribution in [0.4, 0.5) is 15.1 Å². The molecule has 9 nitrogen and oxygen atoms in total. The Hall–Kier alpha value is -2.72. The van der Waals surface area contributed by atoms with Crippen molar-refractivity contribution >= 4 is 33.6 Å². The van der Waals surface area contributed by atoms with Crippen LogP contribution in [0.2, 0.25) is 0 Å². The lowest BCUT2D eigenvalue weighted by molar-refractivity contribution is 0.102. The molecule has 10 heteroatoms. The van der Waals surface area contributed by atoms with Crippen LogP contribution in [0.15, 0.2) is 24.3 Å². The summed E-state index contributed by atoms with van der Waals surface area (Å²) in [5.74, 6) is -0.291. The Balaban J connectivity index is 2.04. The SMILES string of the molecule is CNCCCN(C)C(=O)Oc1ccccc1C(=O)Nc1nnc(N)s1. The summed E-state index contributed by atoms with van der Waals surface area (Å²) >= 11 is 1.05. The lowest BCUT2D eigenvalue weighted by Crippen LogP contribution is -2.32. The van der Waals surface area contributed by atoms with Crippen molar-refractivity contribution in [3.8, 4) is 5.75 Å². The molecule has 0 spiro atoms. The summed E-state index contributed by atoms with van der Waals surface area (Å²) in [6, 6.07) is 6.48. The smallest absolute Gasteiger partial charge is 0.409 e. The first-order chi connectivity index (χ1) is 12.0. The highest BCUT2D eigenvalue weighted by Crippen LogP contribution is 2.22. The van der Waals surface area contributed by atoms with Gasteiger partial charge in [0.25, 0.3) is 5.91 Å². The molecule has 1 heterocycles. The molecule has 0 saturated carbocycles. The number of benzene rings is 1. The van der Waals surface area contributed by atoms with E-state index < -0.39 is 12.0 Å². The number of amides is 2. The highest BCUT2D eigenvalue weighted by molar-refractivity contribution is 7.19. The first-order valence-corrected chi connectivity index (χ1v) is 8.40. The summed E-state index contributed by atoms with van der Waals surface area (Å²) < 4.78 is 5.35. The van der Waals surface area contributed by atoms with E-state index in [-0.39, 0.29) is 21.6 Å². The van der Waals surface area contributed by atoms with Crippen molar-refractivity contribution in [1.82, 2.24) is 20.4 Å². The van der Waals surface area contributed by atoms with Crippen LogP contribution in [0.1, 0.15) is 16.8 Å². The van der Waals surface area contributed by atoms with Gasteiger partial charge in [0.05, 0.1) is 5.56 Å². The Labute approximate surface area is 149 Å². The summed E-state index contributed by atoms with van der Waals surface area (Å²) in [5, 5.41) is 13.5. The van der Waals surface area contributed by atoms with Crippen LogP contribution in [-0.4, -0.2) is 54.3 Å². The monoisotopic (exact) mass is 364 g/mol. The van der Waals surface area contributed by atoms with E-state index >= 15 is 0 Å². The Morgan fingerprint density at radius 2 is 2.08 bits per heavy atom. The van der Waals surface area contributed by atoms with E-state index in [1.807, 2.05) is 7.05 Å². The lowest BCUT2D eigenvalue weighted by atomic mass is 10.2. The number of hydrogen-bond acceptors (Lipinski definition) is 8. The van der Waals surface area contributed by atoms with Gasteiger partial charge in [0, 0.05) is 13.6 Å². The summed E-state index contributed by atoms with van der Waals surface area (Å²) in [6.07, 6.45) is 0.263. The molecule has 0 aliphatic carbocycles. The molecule has 134 valence electrons. The number of carbonyl (C=O) groups excluding carboxylic acids is 2. The van der Waals surface area contributed by atoms with E-state index in [0.29, 0.717) is 6.54 Å². The molecule has 0 aliphatic heterocycles. The minimum atomic E-state index is -0.531. The van der Waals surface area contributed by atoms with Gasteiger partial charge in [-0.15, -0.1) is 10.2 Å². The number of nitrogens with two attached hydrogens (primary N) is 1. The fourth-order valence-corrected chi connectivity index (χ4v) is 2.45. The highest BCUT2D eigenvalue weighted by Gasteiger charge is 2.18. The second-order valence-electron chi connectivity index (χ2n) is 5.14. The van der Waals surface area contributed by atoms with Crippen LogP contribution < -0.4 is 21.1 Å². The third-order valence-electron chi connectivity index (χ3n) is 3.22. The maximum Gasteiger partial charge on any atom is 0.414 e. The number of aromatic nitrogens is 2. The molecule has 2 rings (SSSR count). The number of para-hydroxylation sites is 1. The number of rotatable bonds is 7. The van der Waals surface area contributed by atoms with Gasteiger partial charge in [-0.2, -0.15) is 0 Å². The predicted octanol–water partition coefficient (Wildman–Crippen LogP) is 1.41. The van der Waals surface area contributed by atoms with Gasteiger partial charge in [-0.25, -0.2) is 4.79 Å². The number of carbonyl (C=O) groups is 2. The summed E-state index contributed by atoms with van der Waals surface area (Å²) in [4.78, 5) is 26.0. The molecule has 0 radical (unpaired) electrons. The Kier molecular flexibility index (Phi) is 6.66. The topological polar surface area (TPSA) is 122 Å². The van der Waals surface area contributed by atoms with Crippen LogP contribution in [-0.2, 0) is 0 Å². The van der Waals surface area contributed by atoms with E-state index in [2.05, 4.69) is 20.8 Å². The predicted molar refractivity (Wildman–Crippen MR) is 95.9 cm³/mol. The first-order valence-electron chi connectivity index (χ1n) is 7.58. The second-order valence-corrected chi connectivity index (χ2v) is 6.15. The summed E-state index contributed by atoms with van der Waals surface area (Å²) in [6.45, 7) is 1.33. The minimum absolute atomic E-state index is 0.169. The number of hydrogen-bond donors (Lipinski definition) is 3. The van der Waals surface area contributed by atoms with Crippen molar-refractivity contribution in [1.29, 1.82) is 0 Å². The summed E-state index contributed by atoms with van der Waals surface area (Å²) in [5.41, 5.74) is 5.70. The molecule has 2 amide bonds. The fourth-order valence-electron chi connectivity index (χ4n) is 1.95. The van der Waals surface area contributed by atoms with E-state index in [1.165, 1.54) is 4.90 Å². The standard InChI is InChI=1S/C15H20N6O3S/c1-17-8-5-9-21(2)15(23)24-11-7-4-3-6-10(11)12(22)18-14-20-19-13(16)25-14/h3-4,6-7,17H,5,8-9H2,1-2H3,(H2,16,19)(H,18,20,22). The number of ether oxygens (including phenoxy) is 1. The molecule has 25 heavy (non-hydrogen) atoms. The van der Waals surface area contributed by atoms with Crippen LogP contribution in [0.5, 0.6) is 5.75 Å². The molecule has 1 aromatic carbocycles. The molecular weight excluding hydrogens is 344 g/mol. The molecule has 0 bridgehead atoms. The van der Waals surface area contributed by atoms with Gasteiger partial charge >= 0.3 is 6.09 Å². The largest absolute Gasteiger partial charge is 0.414 e. The molecule has 0 aliphatic rings. The van der Waals surface area contributed by atoms with Gasteiger partial charge in [0.1, 0.15) is 5.75 Å². The maximum atomic E-state index is 12.4. The van der Waals surface area contributed by atoms with E-state index in [4.69, 9.17) is 10.5 Å². The van der Waals surface area contributed by atoms with Crippen LogP contribution in [0, 0.1) is 0 Å². The van der Waals surface area contributed by atoms with E-state index in [1.54, 1.807) is 31.3 Å². The van der Waals surface area contributed by atoms with Gasteiger partial charge in [0.15, 0.2) is 0 Å². The second kappa shape index (κ2) is 8.94. The Morgan fingerprint density at radius 3 is 2.76 bits per heavy atom. The van der Waals surface area contributed by atoms with E-state index in [0.717, 1.165) is 24.3 Å². The van der Waals surface area contributed by atoms with Crippen LogP contribution >= 0.6 is 11.3 Å². The molecule has 0 unspecified atom stereocenters.